The Bertz CT molecular complexity index is 843. The molecule has 3 rings (SSSR count). The maximum atomic E-state index is 12.4. The van der Waals surface area contributed by atoms with Gasteiger partial charge in [0.25, 0.3) is 5.91 Å². The molecule has 1 aromatic carbocycles. The molecule has 2 aromatic heterocycles. The van der Waals surface area contributed by atoms with Gasteiger partial charge >= 0.3 is 0 Å². The van der Waals surface area contributed by atoms with E-state index in [4.69, 9.17) is 0 Å². The quantitative estimate of drug-likeness (QED) is 0.753. The van der Waals surface area contributed by atoms with Crippen molar-refractivity contribution in [1.82, 2.24) is 19.9 Å². The molecule has 6 nitrogen and oxygen atoms in total. The van der Waals surface area contributed by atoms with Gasteiger partial charge in [-0.05, 0) is 12.0 Å². The third-order valence-corrected chi connectivity index (χ3v) is 3.96. The average Bonchev–Trinajstić information content (AvgIpc) is 3.04. The van der Waals surface area contributed by atoms with Crippen molar-refractivity contribution in [2.75, 3.05) is 6.54 Å². The number of carbonyl (C=O) groups is 1. The first-order valence-electron chi connectivity index (χ1n) is 7.92. The Labute approximate surface area is 140 Å². The molecule has 124 valence electrons. The molecule has 0 saturated carbocycles. The lowest BCUT2D eigenvalue weighted by atomic mass is 10.1. The van der Waals surface area contributed by atoms with Crippen LogP contribution in [0.1, 0.15) is 24.2 Å². The topological polar surface area (TPSA) is 79.5 Å². The smallest absolute Gasteiger partial charge is 0.256 e. The van der Waals surface area contributed by atoms with Crippen molar-refractivity contribution in [3.05, 3.63) is 54.4 Å². The second-order valence-corrected chi connectivity index (χ2v) is 6.01. The number of aliphatic hydroxyl groups excluding tert-OH is 1. The summed E-state index contributed by atoms with van der Waals surface area (Å²) in [6.07, 6.45) is 2.59. The van der Waals surface area contributed by atoms with Crippen LogP contribution in [0.2, 0.25) is 0 Å². The van der Waals surface area contributed by atoms with Gasteiger partial charge in [0.2, 0.25) is 0 Å². The Balaban J connectivity index is 1.90. The van der Waals surface area contributed by atoms with Crippen molar-refractivity contribution in [3.63, 3.8) is 0 Å². The van der Waals surface area contributed by atoms with Crippen molar-refractivity contribution >= 4 is 11.6 Å². The van der Waals surface area contributed by atoms with Gasteiger partial charge in [0.15, 0.2) is 5.65 Å². The van der Waals surface area contributed by atoms with E-state index in [9.17, 15) is 9.90 Å². The first-order chi connectivity index (χ1) is 11.6. The molecule has 0 saturated heterocycles. The van der Waals surface area contributed by atoms with Crippen LogP contribution in [0.25, 0.3) is 16.9 Å². The lowest BCUT2D eigenvalue weighted by molar-refractivity contribution is 0.0873. The molecule has 2 N–H and O–H groups in total. The minimum Gasteiger partial charge on any atom is -0.391 e. The molecule has 0 aliphatic carbocycles. The van der Waals surface area contributed by atoms with E-state index in [-0.39, 0.29) is 18.4 Å². The fourth-order valence-corrected chi connectivity index (χ4v) is 2.41. The van der Waals surface area contributed by atoms with Crippen molar-refractivity contribution in [3.8, 4) is 11.3 Å². The molecule has 0 bridgehead atoms. The number of rotatable bonds is 5. The van der Waals surface area contributed by atoms with E-state index in [0.717, 1.165) is 11.3 Å². The summed E-state index contributed by atoms with van der Waals surface area (Å²) in [7, 11) is 0. The van der Waals surface area contributed by atoms with Crippen molar-refractivity contribution in [2.45, 2.75) is 20.0 Å². The third-order valence-electron chi connectivity index (χ3n) is 3.96. The minimum absolute atomic E-state index is 0.0806. The second-order valence-electron chi connectivity index (χ2n) is 6.01. The molecule has 1 atom stereocenters. The van der Waals surface area contributed by atoms with E-state index < -0.39 is 6.10 Å². The SMILES string of the molecule is CC(C)C(O)CNC(=O)c1cnn2c(-c3ccccc3)ccnc12. The molecule has 0 aliphatic heterocycles. The van der Waals surface area contributed by atoms with Crippen LogP contribution in [0.4, 0.5) is 0 Å². The molecular weight excluding hydrogens is 304 g/mol. The summed E-state index contributed by atoms with van der Waals surface area (Å²) < 4.78 is 1.66. The fraction of sp³-hybridized carbons (Fsp3) is 0.278. The van der Waals surface area contributed by atoms with Gasteiger partial charge in [-0.25, -0.2) is 9.50 Å². The van der Waals surface area contributed by atoms with Gasteiger partial charge < -0.3 is 10.4 Å². The maximum absolute atomic E-state index is 12.4. The number of benzene rings is 1. The predicted molar refractivity (Wildman–Crippen MR) is 91.6 cm³/mol. The molecule has 1 unspecified atom stereocenters. The summed E-state index contributed by atoms with van der Waals surface area (Å²) in [6, 6.07) is 11.7. The zero-order chi connectivity index (χ0) is 17.1. The van der Waals surface area contributed by atoms with Gasteiger partial charge in [0, 0.05) is 18.3 Å². The second kappa shape index (κ2) is 6.80. The monoisotopic (exact) mass is 324 g/mol. The predicted octanol–water partition coefficient (Wildman–Crippen LogP) is 2.14. The molecule has 6 heteroatoms. The van der Waals surface area contributed by atoms with Crippen LogP contribution in [-0.4, -0.2) is 38.3 Å². The van der Waals surface area contributed by atoms with Crippen LogP contribution in [0.3, 0.4) is 0 Å². The Morgan fingerprint density at radius 1 is 1.25 bits per heavy atom. The summed E-state index contributed by atoms with van der Waals surface area (Å²) >= 11 is 0. The Morgan fingerprint density at radius 2 is 2.00 bits per heavy atom. The summed E-state index contributed by atoms with van der Waals surface area (Å²) in [4.78, 5) is 16.7. The van der Waals surface area contributed by atoms with Crippen molar-refractivity contribution < 1.29 is 9.90 Å². The number of aliphatic hydroxyl groups is 1. The van der Waals surface area contributed by atoms with E-state index in [1.54, 1.807) is 10.7 Å². The van der Waals surface area contributed by atoms with Crippen LogP contribution in [0, 0.1) is 5.92 Å². The number of amides is 1. The van der Waals surface area contributed by atoms with E-state index in [1.807, 2.05) is 50.2 Å². The van der Waals surface area contributed by atoms with E-state index in [1.165, 1.54) is 6.20 Å². The number of nitrogens with zero attached hydrogens (tertiary/aromatic N) is 3. The normalized spacial score (nSPS) is 12.5. The average molecular weight is 324 g/mol. The first kappa shape index (κ1) is 16.1. The molecule has 24 heavy (non-hydrogen) atoms. The maximum Gasteiger partial charge on any atom is 0.256 e. The summed E-state index contributed by atoms with van der Waals surface area (Å²) in [5, 5.41) is 16.9. The number of hydrogen-bond donors (Lipinski definition) is 2. The molecule has 0 aliphatic rings. The highest BCUT2D eigenvalue weighted by molar-refractivity contribution is 5.99. The van der Waals surface area contributed by atoms with Crippen LogP contribution in [-0.2, 0) is 0 Å². The zero-order valence-corrected chi connectivity index (χ0v) is 13.7. The van der Waals surface area contributed by atoms with Gasteiger partial charge in [-0.1, -0.05) is 44.2 Å². The molecule has 3 aromatic rings. The highest BCUT2D eigenvalue weighted by Gasteiger charge is 2.17. The third kappa shape index (κ3) is 3.14. The van der Waals surface area contributed by atoms with Gasteiger partial charge in [-0.2, -0.15) is 5.10 Å². The van der Waals surface area contributed by atoms with Gasteiger partial charge in [0.1, 0.15) is 5.56 Å². The van der Waals surface area contributed by atoms with Crippen LogP contribution >= 0.6 is 0 Å². The molecule has 0 spiro atoms. The Morgan fingerprint density at radius 3 is 2.71 bits per heavy atom. The zero-order valence-electron chi connectivity index (χ0n) is 13.7. The fourth-order valence-electron chi connectivity index (χ4n) is 2.41. The van der Waals surface area contributed by atoms with Crippen molar-refractivity contribution in [2.24, 2.45) is 5.92 Å². The minimum atomic E-state index is -0.580. The van der Waals surface area contributed by atoms with Gasteiger partial charge in [-0.3, -0.25) is 4.79 Å². The highest BCUT2D eigenvalue weighted by atomic mass is 16.3. The van der Waals surface area contributed by atoms with Crippen LogP contribution < -0.4 is 5.32 Å². The van der Waals surface area contributed by atoms with E-state index >= 15 is 0 Å². The molecule has 2 heterocycles. The number of fused-ring (bicyclic) bond motifs is 1. The standard InChI is InChI=1S/C18H20N4O2/c1-12(2)16(23)11-20-18(24)14-10-21-22-15(8-9-19-17(14)22)13-6-4-3-5-7-13/h3-10,12,16,23H,11H2,1-2H3,(H,20,24). The lowest BCUT2D eigenvalue weighted by Crippen LogP contribution is -2.34. The van der Waals surface area contributed by atoms with Gasteiger partial charge in [0.05, 0.1) is 18.0 Å². The number of hydrogen-bond acceptors (Lipinski definition) is 4. The van der Waals surface area contributed by atoms with E-state index in [2.05, 4.69) is 15.4 Å². The summed E-state index contributed by atoms with van der Waals surface area (Å²) in [6.45, 7) is 4.01. The number of nitrogens with one attached hydrogen (secondary N) is 1. The summed E-state index contributed by atoms with van der Waals surface area (Å²) in [5.74, 6) is -0.209. The molecular formula is C18H20N4O2. The largest absolute Gasteiger partial charge is 0.391 e. The Kier molecular flexibility index (Phi) is 4.57. The summed E-state index contributed by atoms with van der Waals surface area (Å²) in [5.41, 5.74) is 2.74. The van der Waals surface area contributed by atoms with E-state index in [0.29, 0.717) is 11.2 Å². The van der Waals surface area contributed by atoms with Crippen LogP contribution in [0.15, 0.2) is 48.8 Å². The number of aromatic nitrogens is 3. The molecule has 0 radical (unpaired) electrons. The first-order valence-corrected chi connectivity index (χ1v) is 7.92. The van der Waals surface area contributed by atoms with Crippen LogP contribution in [0.5, 0.6) is 0 Å². The molecule has 0 fully saturated rings. The highest BCUT2D eigenvalue weighted by Crippen LogP contribution is 2.20. The van der Waals surface area contributed by atoms with Crippen molar-refractivity contribution in [1.29, 1.82) is 0 Å². The molecule has 1 amide bonds. The number of carbonyl (C=O) groups excluding carboxylic acids is 1. The van der Waals surface area contributed by atoms with Gasteiger partial charge in [-0.15, -0.1) is 0 Å². The Hall–Kier alpha value is -2.73. The lowest BCUT2D eigenvalue weighted by Gasteiger charge is -2.14.